The van der Waals surface area contributed by atoms with Gasteiger partial charge in [0.2, 0.25) is 5.91 Å². The lowest BCUT2D eigenvalue weighted by atomic mass is 9.98. The zero-order valence-electron chi connectivity index (χ0n) is 18.6. The average Bonchev–Trinajstić information content (AvgIpc) is 2.79. The van der Waals surface area contributed by atoms with Gasteiger partial charge in [-0.1, -0.05) is 42.5 Å². The first-order valence-electron chi connectivity index (χ1n) is 10.6. The van der Waals surface area contributed by atoms with Crippen LogP contribution in [0.5, 0.6) is 0 Å². The van der Waals surface area contributed by atoms with Gasteiger partial charge in [0.25, 0.3) is 16.1 Å². The summed E-state index contributed by atoms with van der Waals surface area (Å²) >= 11 is 0. The summed E-state index contributed by atoms with van der Waals surface area (Å²) in [5.41, 5.74) is 1.74. The van der Waals surface area contributed by atoms with Crippen LogP contribution in [0.3, 0.4) is 0 Å². The summed E-state index contributed by atoms with van der Waals surface area (Å²) in [4.78, 5) is 25.9. The molecule has 1 saturated heterocycles. The average molecular weight is 459 g/mol. The molecule has 2 aromatic carbocycles. The van der Waals surface area contributed by atoms with E-state index in [-0.39, 0.29) is 24.4 Å². The Hall–Kier alpha value is -2.75. The summed E-state index contributed by atoms with van der Waals surface area (Å²) in [6, 6.07) is 16.2. The maximum Gasteiger partial charge on any atom is 0.281 e. The fourth-order valence-corrected chi connectivity index (χ4v) is 4.91. The predicted molar refractivity (Wildman–Crippen MR) is 124 cm³/mol. The molecule has 0 radical (unpaired) electrons. The molecule has 2 atom stereocenters. The molecule has 1 aliphatic rings. The molecule has 0 aliphatic carbocycles. The molecule has 2 aromatic rings. The highest BCUT2D eigenvalue weighted by molar-refractivity contribution is 7.86. The van der Waals surface area contributed by atoms with E-state index in [0.29, 0.717) is 30.6 Å². The van der Waals surface area contributed by atoms with Gasteiger partial charge in [-0.2, -0.15) is 17.0 Å². The van der Waals surface area contributed by atoms with Crippen molar-refractivity contribution in [3.63, 3.8) is 0 Å². The topological polar surface area (TPSA) is 98.8 Å². The van der Waals surface area contributed by atoms with Gasteiger partial charge in [0, 0.05) is 27.2 Å². The number of nitrogens with zero attached hydrogens (tertiary/aromatic N) is 2. The van der Waals surface area contributed by atoms with Crippen LogP contribution >= 0.6 is 0 Å². The van der Waals surface area contributed by atoms with E-state index in [9.17, 15) is 18.0 Å². The van der Waals surface area contributed by atoms with Gasteiger partial charge in [-0.25, -0.2) is 0 Å². The minimum absolute atomic E-state index is 0.117. The van der Waals surface area contributed by atoms with Crippen molar-refractivity contribution in [2.45, 2.75) is 25.8 Å². The third-order valence-electron chi connectivity index (χ3n) is 5.62. The Bertz CT molecular complexity index is 1060. The first-order chi connectivity index (χ1) is 15.2. The van der Waals surface area contributed by atoms with Gasteiger partial charge in [0.15, 0.2) is 0 Å². The van der Waals surface area contributed by atoms with Gasteiger partial charge in [0.05, 0.1) is 23.2 Å². The second-order valence-corrected chi connectivity index (χ2v) is 10.3. The third kappa shape index (κ3) is 5.53. The summed E-state index contributed by atoms with van der Waals surface area (Å²) in [6.45, 7) is 2.41. The van der Waals surface area contributed by atoms with Crippen LogP contribution < -0.4 is 10.6 Å². The molecular formula is C23H30N4O4S. The van der Waals surface area contributed by atoms with Crippen LogP contribution in [-0.2, 0) is 15.0 Å². The molecular weight excluding hydrogens is 428 g/mol. The molecule has 2 N–H and O–H groups in total. The van der Waals surface area contributed by atoms with E-state index in [4.69, 9.17) is 0 Å². The normalized spacial score (nSPS) is 18.2. The van der Waals surface area contributed by atoms with Crippen molar-refractivity contribution in [1.29, 1.82) is 0 Å². The monoisotopic (exact) mass is 458 g/mol. The van der Waals surface area contributed by atoms with Crippen LogP contribution in [-0.4, -0.2) is 56.0 Å². The molecule has 8 nitrogen and oxygen atoms in total. The van der Waals surface area contributed by atoms with Crippen molar-refractivity contribution in [2.24, 2.45) is 5.92 Å². The highest BCUT2D eigenvalue weighted by Crippen LogP contribution is 2.23. The fraction of sp³-hybridized carbons (Fsp3) is 0.391. The smallest absolute Gasteiger partial charge is 0.281 e. The van der Waals surface area contributed by atoms with Crippen molar-refractivity contribution in [3.8, 4) is 0 Å². The Kier molecular flexibility index (Phi) is 7.65. The summed E-state index contributed by atoms with van der Waals surface area (Å²) in [7, 11) is -0.625. The first-order valence-corrected chi connectivity index (χ1v) is 12.0. The van der Waals surface area contributed by atoms with E-state index in [1.165, 1.54) is 18.4 Å². The Labute approximate surface area is 189 Å². The molecule has 2 unspecified atom stereocenters. The second-order valence-electron chi connectivity index (χ2n) is 8.13. The zero-order valence-corrected chi connectivity index (χ0v) is 19.4. The molecule has 1 heterocycles. The second kappa shape index (κ2) is 10.2. The van der Waals surface area contributed by atoms with E-state index in [1.807, 2.05) is 37.3 Å². The largest absolute Gasteiger partial charge is 0.345 e. The van der Waals surface area contributed by atoms with Crippen molar-refractivity contribution in [2.75, 3.05) is 32.5 Å². The number of para-hydroxylation sites is 1. The number of amides is 2. The number of benzene rings is 2. The number of hydrogen-bond acceptors (Lipinski definition) is 4. The molecule has 9 heteroatoms. The number of rotatable bonds is 7. The Morgan fingerprint density at radius 1 is 1.06 bits per heavy atom. The van der Waals surface area contributed by atoms with Gasteiger partial charge in [0.1, 0.15) is 0 Å². The summed E-state index contributed by atoms with van der Waals surface area (Å²) in [5.74, 6) is -1.07. The van der Waals surface area contributed by atoms with Crippen molar-refractivity contribution >= 4 is 27.7 Å². The van der Waals surface area contributed by atoms with Crippen LogP contribution in [0.25, 0.3) is 0 Å². The fourth-order valence-electron chi connectivity index (χ4n) is 3.72. The van der Waals surface area contributed by atoms with Crippen molar-refractivity contribution < 1.29 is 18.0 Å². The van der Waals surface area contributed by atoms with Crippen LogP contribution in [0, 0.1) is 5.92 Å². The predicted octanol–water partition coefficient (Wildman–Crippen LogP) is 2.63. The quantitative estimate of drug-likeness (QED) is 0.666. The minimum Gasteiger partial charge on any atom is -0.345 e. The van der Waals surface area contributed by atoms with Gasteiger partial charge in [-0.05, 0) is 37.5 Å². The van der Waals surface area contributed by atoms with Crippen LogP contribution in [0.4, 0.5) is 5.69 Å². The molecule has 0 bridgehead atoms. The molecule has 2 amide bonds. The lowest BCUT2D eigenvalue weighted by molar-refractivity contribution is -0.120. The van der Waals surface area contributed by atoms with Crippen molar-refractivity contribution in [1.82, 2.24) is 13.9 Å². The Balaban J connectivity index is 1.70. The molecule has 0 saturated carbocycles. The SMILES string of the molecule is CC(NC(=O)c1ccccc1NC(=O)C1CCCN(S(=O)(=O)N(C)C)C1)c1ccccc1. The van der Waals surface area contributed by atoms with Crippen LogP contribution in [0.1, 0.15) is 41.7 Å². The van der Waals surface area contributed by atoms with Crippen LogP contribution in [0.15, 0.2) is 54.6 Å². The number of carbonyl (C=O) groups excluding carboxylic acids is 2. The number of hydrogen-bond donors (Lipinski definition) is 2. The van der Waals surface area contributed by atoms with Crippen molar-refractivity contribution in [3.05, 3.63) is 65.7 Å². The molecule has 32 heavy (non-hydrogen) atoms. The maximum absolute atomic E-state index is 13.0. The molecule has 0 aromatic heterocycles. The number of piperidine rings is 1. The standard InChI is InChI=1S/C23H30N4O4S/c1-17(18-10-5-4-6-11-18)24-23(29)20-13-7-8-14-21(20)25-22(28)19-12-9-15-27(16-19)32(30,31)26(2)3/h4-8,10-11,13-14,17,19H,9,12,15-16H2,1-3H3,(H,24,29)(H,25,28). The van der Waals surface area contributed by atoms with E-state index in [0.717, 1.165) is 9.87 Å². The molecule has 0 spiro atoms. The van der Waals surface area contributed by atoms with Gasteiger partial charge in [-0.15, -0.1) is 0 Å². The van der Waals surface area contributed by atoms with Crippen LogP contribution in [0.2, 0.25) is 0 Å². The van der Waals surface area contributed by atoms with Gasteiger partial charge in [-0.3, -0.25) is 9.59 Å². The lowest BCUT2D eigenvalue weighted by Gasteiger charge is -2.32. The minimum atomic E-state index is -3.58. The van der Waals surface area contributed by atoms with E-state index in [1.54, 1.807) is 24.3 Å². The number of nitrogens with one attached hydrogen (secondary N) is 2. The van der Waals surface area contributed by atoms with E-state index >= 15 is 0 Å². The highest BCUT2D eigenvalue weighted by Gasteiger charge is 2.33. The summed E-state index contributed by atoms with van der Waals surface area (Å²) in [6.07, 6.45) is 1.19. The van der Waals surface area contributed by atoms with E-state index in [2.05, 4.69) is 10.6 Å². The van der Waals surface area contributed by atoms with Gasteiger partial charge < -0.3 is 10.6 Å². The van der Waals surface area contributed by atoms with E-state index < -0.39 is 16.1 Å². The Morgan fingerprint density at radius 3 is 2.41 bits per heavy atom. The molecule has 3 rings (SSSR count). The lowest BCUT2D eigenvalue weighted by Crippen LogP contribution is -2.47. The maximum atomic E-state index is 13.0. The summed E-state index contributed by atoms with van der Waals surface area (Å²) in [5, 5.41) is 5.80. The molecule has 1 aliphatic heterocycles. The third-order valence-corrected chi connectivity index (χ3v) is 7.53. The zero-order chi connectivity index (χ0) is 23.3. The van der Waals surface area contributed by atoms with Gasteiger partial charge >= 0.3 is 0 Å². The first kappa shape index (κ1) is 23.9. The molecule has 1 fully saturated rings. The highest BCUT2D eigenvalue weighted by atomic mass is 32.2. The molecule has 172 valence electrons. The number of anilines is 1. The Morgan fingerprint density at radius 2 is 1.72 bits per heavy atom. The number of carbonyl (C=O) groups is 2. The summed E-state index contributed by atoms with van der Waals surface area (Å²) < 4.78 is 27.4.